The molecule has 0 aromatic carbocycles. The summed E-state index contributed by atoms with van der Waals surface area (Å²) in [6, 6.07) is 0.237. The SMILES string of the molecule is CCCC(=O)N1CCN([C@H]2C[C@@]3(C)[C@@H](CC[C@@H]4[C@@H]3CC[C@]3(C)[C@@H](O)CC[C@@H]43)C[C@@H]2O)CC1. The van der Waals surface area contributed by atoms with Crippen molar-refractivity contribution in [1.82, 2.24) is 9.80 Å². The predicted molar refractivity (Wildman–Crippen MR) is 126 cm³/mol. The van der Waals surface area contributed by atoms with E-state index in [9.17, 15) is 15.0 Å². The molecule has 1 heterocycles. The molecule has 0 bridgehead atoms. The van der Waals surface area contributed by atoms with E-state index in [2.05, 4.69) is 25.7 Å². The van der Waals surface area contributed by atoms with Gasteiger partial charge in [-0.1, -0.05) is 20.8 Å². The molecule has 2 N–H and O–H groups in total. The fourth-order valence-corrected chi connectivity index (χ4v) is 9.30. The smallest absolute Gasteiger partial charge is 0.222 e. The Morgan fingerprint density at radius 3 is 2.38 bits per heavy atom. The number of hydrogen-bond donors (Lipinski definition) is 2. The molecule has 182 valence electrons. The number of hydrogen-bond acceptors (Lipinski definition) is 4. The van der Waals surface area contributed by atoms with Gasteiger partial charge >= 0.3 is 0 Å². The molecule has 0 unspecified atom stereocenters. The van der Waals surface area contributed by atoms with Gasteiger partial charge in [0.2, 0.25) is 5.91 Å². The molecule has 1 aliphatic heterocycles. The van der Waals surface area contributed by atoms with Crippen LogP contribution in [0.2, 0.25) is 0 Å². The van der Waals surface area contributed by atoms with Crippen molar-refractivity contribution in [1.29, 1.82) is 0 Å². The second kappa shape index (κ2) is 8.53. The Hall–Kier alpha value is -0.650. The second-order valence-corrected chi connectivity index (χ2v) is 12.5. The molecule has 9 atom stereocenters. The van der Waals surface area contributed by atoms with Gasteiger partial charge in [0.05, 0.1) is 12.2 Å². The number of carbonyl (C=O) groups excluding carboxylic acids is 1. The molecule has 32 heavy (non-hydrogen) atoms. The van der Waals surface area contributed by atoms with Gasteiger partial charge in [-0.2, -0.15) is 0 Å². The lowest BCUT2D eigenvalue weighted by molar-refractivity contribution is -0.156. The number of piperazine rings is 1. The summed E-state index contributed by atoms with van der Waals surface area (Å²) in [6.07, 6.45) is 10.5. The first kappa shape index (κ1) is 23.1. The third-order valence-corrected chi connectivity index (χ3v) is 11.2. The zero-order chi connectivity index (χ0) is 22.7. The van der Waals surface area contributed by atoms with Crippen LogP contribution in [-0.2, 0) is 4.79 Å². The summed E-state index contributed by atoms with van der Waals surface area (Å²) in [7, 11) is 0. The highest BCUT2D eigenvalue weighted by atomic mass is 16.3. The molecule has 5 aliphatic rings. The Morgan fingerprint density at radius 1 is 0.938 bits per heavy atom. The zero-order valence-electron chi connectivity index (χ0n) is 20.6. The van der Waals surface area contributed by atoms with Crippen LogP contribution in [0.1, 0.15) is 85.0 Å². The van der Waals surface area contributed by atoms with Crippen molar-refractivity contribution < 1.29 is 15.0 Å². The van der Waals surface area contributed by atoms with Crippen LogP contribution in [0.3, 0.4) is 0 Å². The monoisotopic (exact) mass is 446 g/mol. The van der Waals surface area contributed by atoms with Crippen molar-refractivity contribution in [3.8, 4) is 0 Å². The standard InChI is InChI=1S/C27H46N2O3/c1-4-5-25(32)29-14-12-28(13-15-29)22-17-27(3)18(16-23(22)30)6-7-19-20-8-9-24(31)26(20,2)11-10-21(19)27/h18-24,30-31H,4-17H2,1-3H3/t18-,19-,20-,21-,22-,23-,24-,26-,27-/m0/s1. The van der Waals surface area contributed by atoms with Crippen molar-refractivity contribution in [3.63, 3.8) is 0 Å². The summed E-state index contributed by atoms with van der Waals surface area (Å²) in [4.78, 5) is 16.9. The van der Waals surface area contributed by atoms with Gasteiger partial charge in [0.25, 0.3) is 0 Å². The average molecular weight is 447 g/mol. The molecule has 5 fully saturated rings. The lowest BCUT2D eigenvalue weighted by Crippen LogP contribution is -2.62. The van der Waals surface area contributed by atoms with E-state index >= 15 is 0 Å². The van der Waals surface area contributed by atoms with Crippen molar-refractivity contribution in [2.45, 2.75) is 103 Å². The number of aliphatic hydroxyl groups is 2. The normalized spacial score (nSPS) is 49.3. The molecule has 0 spiro atoms. The van der Waals surface area contributed by atoms with Crippen LogP contribution in [0.5, 0.6) is 0 Å². The lowest BCUT2D eigenvalue weighted by Gasteiger charge is -2.62. The number of carbonyl (C=O) groups is 1. The Labute approximate surface area is 194 Å². The fraction of sp³-hybridized carbons (Fsp3) is 0.963. The summed E-state index contributed by atoms with van der Waals surface area (Å²) in [5.41, 5.74) is 0.441. The van der Waals surface area contributed by atoms with Crippen LogP contribution >= 0.6 is 0 Å². The minimum absolute atomic E-state index is 0.105. The molecular weight excluding hydrogens is 400 g/mol. The minimum atomic E-state index is -0.232. The second-order valence-electron chi connectivity index (χ2n) is 12.5. The van der Waals surface area contributed by atoms with Gasteiger partial charge in [-0.25, -0.2) is 0 Å². The molecular formula is C27H46N2O3. The van der Waals surface area contributed by atoms with E-state index in [1.807, 2.05) is 4.90 Å². The highest BCUT2D eigenvalue weighted by Gasteiger charge is 2.61. The maximum atomic E-state index is 12.3. The molecule has 5 heteroatoms. The molecule has 4 aliphatic carbocycles. The Morgan fingerprint density at radius 2 is 1.66 bits per heavy atom. The fourth-order valence-electron chi connectivity index (χ4n) is 9.30. The first-order valence-corrected chi connectivity index (χ1v) is 13.7. The minimum Gasteiger partial charge on any atom is -0.393 e. The largest absolute Gasteiger partial charge is 0.393 e. The van der Waals surface area contributed by atoms with E-state index in [1.54, 1.807) is 0 Å². The first-order valence-electron chi connectivity index (χ1n) is 13.7. The summed E-state index contributed by atoms with van der Waals surface area (Å²) >= 11 is 0. The average Bonchev–Trinajstić information content (AvgIpc) is 3.09. The molecule has 0 radical (unpaired) electrons. The van der Waals surface area contributed by atoms with Crippen molar-refractivity contribution in [3.05, 3.63) is 0 Å². The van der Waals surface area contributed by atoms with Gasteiger partial charge in [-0.05, 0) is 92.3 Å². The summed E-state index contributed by atoms with van der Waals surface area (Å²) in [6.45, 7) is 10.4. The molecule has 0 aromatic rings. The first-order chi connectivity index (χ1) is 15.3. The summed E-state index contributed by atoms with van der Waals surface area (Å²) in [5.74, 6) is 3.12. The summed E-state index contributed by atoms with van der Waals surface area (Å²) in [5, 5.41) is 21.9. The Kier molecular flexibility index (Phi) is 6.16. The molecule has 5 nitrogen and oxygen atoms in total. The quantitative estimate of drug-likeness (QED) is 0.694. The molecule has 0 aromatic heterocycles. The molecule has 5 rings (SSSR count). The van der Waals surface area contributed by atoms with E-state index < -0.39 is 0 Å². The van der Waals surface area contributed by atoms with Gasteiger partial charge in [-0.3, -0.25) is 9.69 Å². The van der Waals surface area contributed by atoms with Crippen LogP contribution in [0, 0.1) is 34.5 Å². The third-order valence-electron chi connectivity index (χ3n) is 11.2. The van der Waals surface area contributed by atoms with Crippen molar-refractivity contribution in [2.24, 2.45) is 34.5 Å². The van der Waals surface area contributed by atoms with E-state index in [1.165, 1.54) is 32.1 Å². The highest BCUT2D eigenvalue weighted by molar-refractivity contribution is 5.76. The van der Waals surface area contributed by atoms with Gasteiger partial charge in [0, 0.05) is 38.6 Å². The number of amides is 1. The van der Waals surface area contributed by atoms with Gasteiger partial charge < -0.3 is 15.1 Å². The van der Waals surface area contributed by atoms with Crippen LogP contribution in [0.25, 0.3) is 0 Å². The van der Waals surface area contributed by atoms with Crippen molar-refractivity contribution in [2.75, 3.05) is 26.2 Å². The third kappa shape index (κ3) is 3.56. The Bertz CT molecular complexity index is 707. The van der Waals surface area contributed by atoms with Crippen LogP contribution < -0.4 is 0 Å². The summed E-state index contributed by atoms with van der Waals surface area (Å²) < 4.78 is 0. The number of fused-ring (bicyclic) bond motifs is 5. The van der Waals surface area contributed by atoms with Crippen LogP contribution in [0.4, 0.5) is 0 Å². The van der Waals surface area contributed by atoms with E-state index in [4.69, 9.17) is 0 Å². The van der Waals surface area contributed by atoms with E-state index in [0.29, 0.717) is 29.6 Å². The van der Waals surface area contributed by atoms with Gasteiger partial charge in [0.15, 0.2) is 0 Å². The number of aliphatic hydroxyl groups excluding tert-OH is 2. The van der Waals surface area contributed by atoms with Crippen LogP contribution in [-0.4, -0.2) is 70.3 Å². The highest BCUT2D eigenvalue weighted by Crippen LogP contribution is 2.66. The van der Waals surface area contributed by atoms with Crippen LogP contribution in [0.15, 0.2) is 0 Å². The van der Waals surface area contributed by atoms with Gasteiger partial charge in [0.1, 0.15) is 0 Å². The molecule has 4 saturated carbocycles. The number of rotatable bonds is 3. The van der Waals surface area contributed by atoms with E-state index in [-0.39, 0.29) is 23.7 Å². The maximum Gasteiger partial charge on any atom is 0.222 e. The van der Waals surface area contributed by atoms with Crippen molar-refractivity contribution >= 4 is 5.91 Å². The topological polar surface area (TPSA) is 64.0 Å². The molecule has 1 amide bonds. The zero-order valence-corrected chi connectivity index (χ0v) is 20.6. The number of nitrogens with zero attached hydrogens (tertiary/aromatic N) is 2. The van der Waals surface area contributed by atoms with Gasteiger partial charge in [-0.15, -0.1) is 0 Å². The molecule has 1 saturated heterocycles. The Balaban J connectivity index is 1.30. The predicted octanol–water partition coefficient (Wildman–Crippen LogP) is 3.67. The maximum absolute atomic E-state index is 12.3. The lowest BCUT2D eigenvalue weighted by atomic mass is 9.44. The van der Waals surface area contributed by atoms with E-state index in [0.717, 1.165) is 63.7 Å².